The van der Waals surface area contributed by atoms with E-state index in [4.69, 9.17) is 19.6 Å². The van der Waals surface area contributed by atoms with Gasteiger partial charge in [-0.1, -0.05) is 0 Å². The first-order valence-corrected chi connectivity index (χ1v) is 14.6. The largest absolute Gasteiger partial charge is 0.477 e. The zero-order chi connectivity index (χ0) is 24.7. The summed E-state index contributed by atoms with van der Waals surface area (Å²) >= 11 is 0. The van der Waals surface area contributed by atoms with Crippen molar-refractivity contribution < 1.29 is 18.5 Å². The van der Waals surface area contributed by atoms with E-state index in [1.807, 2.05) is 0 Å². The standard InChI is InChI=1S/C25H32N6O4S/c1-34-16-9-14(10-16)15-12-31-23(35-13-15)20(11-27-31)36(26,33)30-24(32)29-21-17-3-2-4-19(17)28-22-18(21)5-6-25(22)7-8-25/h11,14-16H,2-10,12-13H2,1H3,(H3,26,28,29,30,32,33). The first kappa shape index (κ1) is 22.7. The lowest BCUT2D eigenvalue weighted by Gasteiger charge is -2.40. The maximum absolute atomic E-state index is 13.5. The number of aromatic nitrogens is 3. The van der Waals surface area contributed by atoms with Gasteiger partial charge in [-0.15, -0.1) is 4.36 Å². The molecule has 36 heavy (non-hydrogen) atoms. The van der Waals surface area contributed by atoms with Crippen LogP contribution < -0.4 is 15.2 Å². The molecule has 1 spiro atoms. The highest BCUT2D eigenvalue weighted by Crippen LogP contribution is 2.58. The predicted molar refractivity (Wildman–Crippen MR) is 132 cm³/mol. The van der Waals surface area contributed by atoms with E-state index >= 15 is 0 Å². The van der Waals surface area contributed by atoms with Crippen molar-refractivity contribution in [2.24, 2.45) is 21.3 Å². The van der Waals surface area contributed by atoms with Crippen LogP contribution in [0.2, 0.25) is 0 Å². The molecule has 3 N–H and O–H groups in total. The van der Waals surface area contributed by atoms with Gasteiger partial charge in [0.2, 0.25) is 5.88 Å². The van der Waals surface area contributed by atoms with E-state index in [1.165, 1.54) is 19.0 Å². The van der Waals surface area contributed by atoms with Crippen molar-refractivity contribution in [3.63, 3.8) is 0 Å². The Kier molecular flexibility index (Phi) is 5.04. The summed E-state index contributed by atoms with van der Waals surface area (Å²) in [7, 11) is -1.80. The molecule has 11 heteroatoms. The van der Waals surface area contributed by atoms with Crippen LogP contribution in [0, 0.1) is 11.8 Å². The van der Waals surface area contributed by atoms with Gasteiger partial charge in [0.15, 0.2) is 9.92 Å². The van der Waals surface area contributed by atoms with Crippen molar-refractivity contribution in [3.05, 3.63) is 28.7 Å². The number of fused-ring (bicyclic) bond motifs is 4. The van der Waals surface area contributed by atoms with Crippen molar-refractivity contribution in [3.8, 4) is 5.88 Å². The molecule has 3 heterocycles. The van der Waals surface area contributed by atoms with Gasteiger partial charge in [0.1, 0.15) is 4.90 Å². The number of hydrogen-bond acceptors (Lipinski definition) is 6. The van der Waals surface area contributed by atoms with Gasteiger partial charge in [0.25, 0.3) is 0 Å². The Hall–Kier alpha value is -2.50. The fourth-order valence-corrected chi connectivity index (χ4v) is 7.64. The maximum atomic E-state index is 13.5. The zero-order valence-corrected chi connectivity index (χ0v) is 21.3. The van der Waals surface area contributed by atoms with Gasteiger partial charge in [-0.05, 0) is 74.8 Å². The topological polar surface area (TPSA) is 134 Å². The second-order valence-electron chi connectivity index (χ2n) is 11.1. The SMILES string of the molecule is COC1CC(C2COc3c(S(N)(=O)=NC(=O)Nc4c5c(nc6c4CCC64CC4)CCC5)cnn3C2)C1. The Labute approximate surface area is 210 Å². The minimum atomic E-state index is -3.54. The first-order chi connectivity index (χ1) is 17.4. The number of rotatable bonds is 4. The van der Waals surface area contributed by atoms with Gasteiger partial charge < -0.3 is 14.8 Å². The van der Waals surface area contributed by atoms with Crippen LogP contribution >= 0.6 is 0 Å². The summed E-state index contributed by atoms with van der Waals surface area (Å²) < 4.78 is 30.5. The normalized spacial score (nSPS) is 28.3. The summed E-state index contributed by atoms with van der Waals surface area (Å²) in [5.74, 6) is 1.18. The number of methoxy groups -OCH3 is 1. The molecule has 0 aromatic carbocycles. The molecule has 10 nitrogen and oxygen atoms in total. The summed E-state index contributed by atoms with van der Waals surface area (Å²) in [4.78, 5) is 18.3. The molecule has 0 radical (unpaired) electrons. The average Bonchev–Trinajstić information content (AvgIpc) is 3.14. The molecule has 2 amide bonds. The maximum Gasteiger partial charge on any atom is 0.354 e. The van der Waals surface area contributed by atoms with E-state index in [1.54, 1.807) is 11.8 Å². The molecular formula is C25H32N6O4S. The number of carbonyl (C=O) groups is 1. The van der Waals surface area contributed by atoms with Crippen molar-refractivity contribution in [2.75, 3.05) is 19.0 Å². The number of hydrogen-bond donors (Lipinski definition) is 2. The lowest BCUT2D eigenvalue weighted by atomic mass is 9.73. The average molecular weight is 513 g/mol. The minimum absolute atomic E-state index is 0.168. The van der Waals surface area contributed by atoms with E-state index < -0.39 is 15.9 Å². The molecule has 5 aliphatic rings. The molecule has 0 saturated heterocycles. The van der Waals surface area contributed by atoms with Crippen molar-refractivity contribution >= 4 is 21.6 Å². The second-order valence-corrected chi connectivity index (χ2v) is 12.9. The number of nitrogens with one attached hydrogen (secondary N) is 1. The van der Waals surface area contributed by atoms with E-state index in [9.17, 15) is 9.00 Å². The van der Waals surface area contributed by atoms with Crippen LogP contribution in [0.5, 0.6) is 5.88 Å². The third kappa shape index (κ3) is 3.50. The fourth-order valence-electron chi connectivity index (χ4n) is 6.64. The molecule has 2 aromatic rings. The third-order valence-corrected chi connectivity index (χ3v) is 10.4. The first-order valence-electron chi connectivity index (χ1n) is 13.0. The molecule has 2 unspecified atom stereocenters. The molecule has 192 valence electrons. The Balaban J connectivity index is 1.14. The third-order valence-electron chi connectivity index (χ3n) is 9.03. The van der Waals surface area contributed by atoms with Crippen LogP contribution in [-0.4, -0.2) is 44.8 Å². The van der Waals surface area contributed by atoms with Crippen molar-refractivity contribution in [2.45, 2.75) is 80.7 Å². The monoisotopic (exact) mass is 512 g/mol. The van der Waals surface area contributed by atoms with Crippen molar-refractivity contribution in [1.29, 1.82) is 0 Å². The Morgan fingerprint density at radius 1 is 1.25 bits per heavy atom. The number of anilines is 1. The van der Waals surface area contributed by atoms with Crippen LogP contribution in [0.1, 0.15) is 61.0 Å². The predicted octanol–water partition coefficient (Wildman–Crippen LogP) is 3.11. The molecule has 2 atom stereocenters. The molecular weight excluding hydrogens is 480 g/mol. The summed E-state index contributed by atoms with van der Waals surface area (Å²) in [6.07, 6.45) is 10.9. The number of amides is 2. The number of nitrogens with zero attached hydrogens (tertiary/aromatic N) is 4. The number of pyridine rings is 1. The fraction of sp³-hybridized carbons (Fsp3) is 0.640. The lowest BCUT2D eigenvalue weighted by molar-refractivity contribution is -0.0392. The summed E-state index contributed by atoms with van der Waals surface area (Å²) in [6, 6.07) is -0.699. The number of aryl methyl sites for hydroxylation is 1. The highest BCUT2D eigenvalue weighted by molar-refractivity contribution is 7.91. The van der Waals surface area contributed by atoms with Crippen molar-refractivity contribution in [1.82, 2.24) is 14.8 Å². The van der Waals surface area contributed by atoms with Crippen LogP contribution in [0.25, 0.3) is 0 Å². The van der Waals surface area contributed by atoms with Crippen LogP contribution in [0.3, 0.4) is 0 Å². The smallest absolute Gasteiger partial charge is 0.354 e. The zero-order valence-electron chi connectivity index (χ0n) is 20.5. The van der Waals surface area contributed by atoms with E-state index in [-0.39, 0.29) is 10.3 Å². The van der Waals surface area contributed by atoms with Gasteiger partial charge >= 0.3 is 6.03 Å². The highest BCUT2D eigenvalue weighted by atomic mass is 32.2. The molecule has 2 saturated carbocycles. The van der Waals surface area contributed by atoms with Gasteiger partial charge in [-0.25, -0.2) is 18.8 Å². The van der Waals surface area contributed by atoms with Gasteiger partial charge in [0, 0.05) is 24.1 Å². The number of nitrogens with two attached hydrogens (primary N) is 1. The van der Waals surface area contributed by atoms with Gasteiger partial charge in [0.05, 0.1) is 36.8 Å². The van der Waals surface area contributed by atoms with E-state index in [0.717, 1.165) is 73.1 Å². The molecule has 2 aromatic heterocycles. The Bertz CT molecular complexity index is 1380. The lowest BCUT2D eigenvalue weighted by Crippen LogP contribution is -2.41. The van der Waals surface area contributed by atoms with Gasteiger partial charge in [-0.2, -0.15) is 5.10 Å². The van der Waals surface area contributed by atoms with E-state index in [2.05, 4.69) is 14.8 Å². The summed E-state index contributed by atoms with van der Waals surface area (Å²) in [6.45, 7) is 1.16. The van der Waals surface area contributed by atoms with Crippen LogP contribution in [0.4, 0.5) is 10.5 Å². The number of urea groups is 1. The summed E-state index contributed by atoms with van der Waals surface area (Å²) in [5.41, 5.74) is 5.51. The Morgan fingerprint density at radius 3 is 2.86 bits per heavy atom. The molecule has 0 bridgehead atoms. The van der Waals surface area contributed by atoms with E-state index in [0.29, 0.717) is 37.0 Å². The number of carbonyl (C=O) groups excluding carboxylic acids is 1. The minimum Gasteiger partial charge on any atom is -0.477 e. The van der Waals surface area contributed by atoms with Gasteiger partial charge in [-0.3, -0.25) is 4.98 Å². The number of ether oxygens (including phenoxy) is 2. The second kappa shape index (κ2) is 8.00. The summed E-state index contributed by atoms with van der Waals surface area (Å²) in [5, 5.41) is 13.5. The van der Waals surface area contributed by atoms with Crippen LogP contribution in [0.15, 0.2) is 15.5 Å². The molecule has 2 fully saturated rings. The van der Waals surface area contributed by atoms with Crippen LogP contribution in [-0.2, 0) is 45.9 Å². The highest BCUT2D eigenvalue weighted by Gasteiger charge is 2.51. The molecule has 1 aliphatic heterocycles. The molecule has 4 aliphatic carbocycles. The molecule has 7 rings (SSSR count). The Morgan fingerprint density at radius 2 is 2.08 bits per heavy atom. The quantitative estimate of drug-likeness (QED) is 0.647.